The minimum Gasteiger partial charge on any atom is -0.420 e. The molecule has 0 aliphatic carbocycles. The Morgan fingerprint density at radius 2 is 1.70 bits per heavy atom. The molecule has 0 saturated carbocycles. The Labute approximate surface area is 64.5 Å². The molecule has 0 rings (SSSR count). The molecule has 0 spiro atoms. The lowest BCUT2D eigenvalue weighted by Crippen LogP contribution is -2.31. The van der Waals surface area contributed by atoms with Crippen LogP contribution < -0.4 is 0 Å². The van der Waals surface area contributed by atoms with Gasteiger partial charge in [0.15, 0.2) is 8.32 Å². The van der Waals surface area contributed by atoms with E-state index in [4.69, 9.17) is 4.43 Å². The highest BCUT2D eigenvalue weighted by molar-refractivity contribution is 6.73. The molecule has 0 aromatic heterocycles. The van der Waals surface area contributed by atoms with Gasteiger partial charge >= 0.3 is 0 Å². The van der Waals surface area contributed by atoms with Crippen LogP contribution in [-0.2, 0) is 4.43 Å². The van der Waals surface area contributed by atoms with Crippen LogP contribution in [0.3, 0.4) is 0 Å². The van der Waals surface area contributed by atoms with E-state index in [2.05, 4.69) is 19.7 Å². The first-order valence-electron chi connectivity index (χ1n) is 3.45. The SMILES string of the molecule is C=CC[Si](C)(CC=C)OC. The second-order valence-electron chi connectivity index (χ2n) is 2.64. The van der Waals surface area contributed by atoms with E-state index in [1.165, 1.54) is 0 Å². The summed E-state index contributed by atoms with van der Waals surface area (Å²) in [5.74, 6) is 0. The predicted octanol–water partition coefficient (Wildman–Crippen LogP) is 2.58. The smallest absolute Gasteiger partial charge is 0.196 e. The normalized spacial score (nSPS) is 11.0. The highest BCUT2D eigenvalue weighted by Crippen LogP contribution is 2.16. The molecule has 0 amide bonds. The summed E-state index contributed by atoms with van der Waals surface area (Å²) in [6, 6.07) is 2.02. The molecule has 0 atom stereocenters. The maximum atomic E-state index is 5.42. The standard InChI is InChI=1S/C8H16OSi/c1-5-7-10(4,9-3)8-6-2/h5-6H,1-2,7-8H2,3-4H3. The van der Waals surface area contributed by atoms with Crippen LogP contribution in [0.5, 0.6) is 0 Å². The Morgan fingerprint density at radius 1 is 1.30 bits per heavy atom. The minimum atomic E-state index is -1.46. The van der Waals surface area contributed by atoms with Crippen LogP contribution in [0.2, 0.25) is 18.6 Å². The van der Waals surface area contributed by atoms with Gasteiger partial charge in [0, 0.05) is 7.11 Å². The van der Waals surface area contributed by atoms with Crippen molar-refractivity contribution in [1.82, 2.24) is 0 Å². The summed E-state index contributed by atoms with van der Waals surface area (Å²) in [6.45, 7) is 9.58. The molecular formula is C8H16OSi. The molecule has 0 N–H and O–H groups in total. The van der Waals surface area contributed by atoms with Crippen molar-refractivity contribution >= 4 is 8.32 Å². The predicted molar refractivity (Wildman–Crippen MR) is 48.6 cm³/mol. The Balaban J connectivity index is 3.92. The van der Waals surface area contributed by atoms with Gasteiger partial charge in [0.05, 0.1) is 0 Å². The number of allylic oxidation sites excluding steroid dienone is 2. The summed E-state index contributed by atoms with van der Waals surface area (Å²) >= 11 is 0. The minimum absolute atomic E-state index is 1.01. The third-order valence-corrected chi connectivity index (χ3v) is 4.94. The zero-order valence-electron chi connectivity index (χ0n) is 6.89. The van der Waals surface area contributed by atoms with Crippen LogP contribution in [0.15, 0.2) is 25.3 Å². The Bertz CT molecular complexity index is 110. The number of hydrogen-bond donors (Lipinski definition) is 0. The van der Waals surface area contributed by atoms with E-state index in [1.54, 1.807) is 7.11 Å². The summed E-state index contributed by atoms with van der Waals surface area (Å²) in [5, 5.41) is 0. The molecule has 0 fully saturated rings. The van der Waals surface area contributed by atoms with Crippen molar-refractivity contribution < 1.29 is 4.43 Å². The van der Waals surface area contributed by atoms with Crippen LogP contribution in [-0.4, -0.2) is 15.4 Å². The van der Waals surface area contributed by atoms with Crippen molar-refractivity contribution in [3.05, 3.63) is 25.3 Å². The first kappa shape index (κ1) is 9.66. The molecule has 0 heterocycles. The van der Waals surface area contributed by atoms with Gasteiger partial charge in [-0.15, -0.1) is 13.2 Å². The van der Waals surface area contributed by atoms with E-state index in [9.17, 15) is 0 Å². The van der Waals surface area contributed by atoms with Gasteiger partial charge in [0.25, 0.3) is 0 Å². The van der Waals surface area contributed by atoms with Crippen LogP contribution in [0.25, 0.3) is 0 Å². The molecule has 0 unspecified atom stereocenters. The molecule has 0 aromatic rings. The second kappa shape index (κ2) is 4.47. The second-order valence-corrected chi connectivity index (χ2v) is 6.76. The van der Waals surface area contributed by atoms with Gasteiger partial charge in [-0.25, -0.2) is 0 Å². The van der Waals surface area contributed by atoms with Crippen LogP contribution in [0.1, 0.15) is 0 Å². The van der Waals surface area contributed by atoms with Gasteiger partial charge in [0.2, 0.25) is 0 Å². The molecule has 58 valence electrons. The fraction of sp³-hybridized carbons (Fsp3) is 0.500. The third-order valence-electron chi connectivity index (χ3n) is 1.65. The zero-order chi connectivity index (χ0) is 8.04. The maximum absolute atomic E-state index is 5.42. The maximum Gasteiger partial charge on any atom is 0.196 e. The highest BCUT2D eigenvalue weighted by Gasteiger charge is 2.23. The Kier molecular flexibility index (Phi) is 4.32. The number of hydrogen-bond acceptors (Lipinski definition) is 1. The fourth-order valence-electron chi connectivity index (χ4n) is 0.861. The molecule has 0 bridgehead atoms. The third kappa shape index (κ3) is 2.99. The fourth-order valence-corrected chi connectivity index (χ4v) is 2.58. The monoisotopic (exact) mass is 156 g/mol. The average molecular weight is 156 g/mol. The van der Waals surface area contributed by atoms with E-state index in [1.807, 2.05) is 12.2 Å². The molecule has 0 aromatic carbocycles. The van der Waals surface area contributed by atoms with Gasteiger partial charge in [-0.2, -0.15) is 0 Å². The van der Waals surface area contributed by atoms with Crippen molar-refractivity contribution in [2.75, 3.05) is 7.11 Å². The largest absolute Gasteiger partial charge is 0.420 e. The van der Waals surface area contributed by atoms with Crippen LogP contribution >= 0.6 is 0 Å². The zero-order valence-corrected chi connectivity index (χ0v) is 7.89. The van der Waals surface area contributed by atoms with Crippen LogP contribution in [0, 0.1) is 0 Å². The lowest BCUT2D eigenvalue weighted by Gasteiger charge is -2.21. The lowest BCUT2D eigenvalue weighted by atomic mass is 10.7. The highest BCUT2D eigenvalue weighted by atomic mass is 28.4. The van der Waals surface area contributed by atoms with E-state index in [0.29, 0.717) is 0 Å². The van der Waals surface area contributed by atoms with E-state index in [0.717, 1.165) is 12.1 Å². The molecule has 2 heteroatoms. The summed E-state index contributed by atoms with van der Waals surface area (Å²) in [6.07, 6.45) is 3.86. The lowest BCUT2D eigenvalue weighted by molar-refractivity contribution is 0.403. The van der Waals surface area contributed by atoms with E-state index >= 15 is 0 Å². The number of rotatable bonds is 5. The average Bonchev–Trinajstić information content (AvgIpc) is 1.89. The van der Waals surface area contributed by atoms with Crippen molar-refractivity contribution in [3.8, 4) is 0 Å². The topological polar surface area (TPSA) is 9.23 Å². The summed E-state index contributed by atoms with van der Waals surface area (Å²) in [4.78, 5) is 0. The summed E-state index contributed by atoms with van der Waals surface area (Å²) < 4.78 is 5.42. The molecular weight excluding hydrogens is 140 g/mol. The molecule has 0 aliphatic heterocycles. The Morgan fingerprint density at radius 3 is 1.90 bits per heavy atom. The van der Waals surface area contributed by atoms with E-state index < -0.39 is 8.32 Å². The molecule has 0 radical (unpaired) electrons. The summed E-state index contributed by atoms with van der Waals surface area (Å²) in [7, 11) is 0.318. The van der Waals surface area contributed by atoms with E-state index in [-0.39, 0.29) is 0 Å². The molecule has 0 aliphatic rings. The van der Waals surface area contributed by atoms with Gasteiger partial charge in [-0.05, 0) is 18.6 Å². The summed E-state index contributed by atoms with van der Waals surface area (Å²) in [5.41, 5.74) is 0. The van der Waals surface area contributed by atoms with Gasteiger partial charge < -0.3 is 4.43 Å². The Hall–Kier alpha value is -0.343. The quantitative estimate of drug-likeness (QED) is 0.439. The van der Waals surface area contributed by atoms with Gasteiger partial charge in [0.1, 0.15) is 0 Å². The van der Waals surface area contributed by atoms with Crippen molar-refractivity contribution in [2.45, 2.75) is 18.6 Å². The molecule has 0 saturated heterocycles. The van der Waals surface area contributed by atoms with Gasteiger partial charge in [-0.1, -0.05) is 12.2 Å². The first-order valence-corrected chi connectivity index (χ1v) is 6.27. The molecule has 1 nitrogen and oxygen atoms in total. The van der Waals surface area contributed by atoms with Crippen LogP contribution in [0.4, 0.5) is 0 Å². The first-order chi connectivity index (χ1) is 4.68. The van der Waals surface area contributed by atoms with Crippen molar-refractivity contribution in [3.63, 3.8) is 0 Å². The van der Waals surface area contributed by atoms with Crippen molar-refractivity contribution in [1.29, 1.82) is 0 Å². The molecule has 10 heavy (non-hydrogen) atoms. The van der Waals surface area contributed by atoms with Crippen molar-refractivity contribution in [2.24, 2.45) is 0 Å². The van der Waals surface area contributed by atoms with Gasteiger partial charge in [-0.3, -0.25) is 0 Å².